The normalized spacial score (nSPS) is 13.5. The van der Waals surface area contributed by atoms with Crippen LogP contribution in [0.2, 0.25) is 0 Å². The van der Waals surface area contributed by atoms with Crippen LogP contribution in [0.5, 0.6) is 0 Å². The number of hydrogen-bond donors (Lipinski definition) is 1. The third kappa shape index (κ3) is 6.09. The predicted molar refractivity (Wildman–Crippen MR) is 47.0 cm³/mol. The quantitative estimate of drug-likeness (QED) is 0.607. The van der Waals surface area contributed by atoms with Gasteiger partial charge in [0.25, 0.3) is 0 Å². The van der Waals surface area contributed by atoms with Crippen LogP contribution in [0.25, 0.3) is 0 Å². The van der Waals surface area contributed by atoms with Gasteiger partial charge in [-0.1, -0.05) is 33.1 Å². The Hall–Kier alpha value is -0.0400. The Morgan fingerprint density at radius 2 is 1.80 bits per heavy atom. The number of rotatable bonds is 6. The van der Waals surface area contributed by atoms with Crippen molar-refractivity contribution in [2.45, 2.75) is 46.0 Å². The second kappa shape index (κ2) is 7.07. The van der Waals surface area contributed by atoms with E-state index in [0.29, 0.717) is 0 Å². The SMILES string of the molecule is CCCCC(C)CCCN. The van der Waals surface area contributed by atoms with Gasteiger partial charge >= 0.3 is 0 Å². The Bertz CT molecular complexity index is 53.7. The van der Waals surface area contributed by atoms with Gasteiger partial charge in [0, 0.05) is 0 Å². The van der Waals surface area contributed by atoms with Crippen LogP contribution in [0.15, 0.2) is 0 Å². The van der Waals surface area contributed by atoms with Gasteiger partial charge in [-0.3, -0.25) is 0 Å². The molecule has 0 rings (SSSR count). The Balaban J connectivity index is 3.00. The Morgan fingerprint density at radius 1 is 1.20 bits per heavy atom. The summed E-state index contributed by atoms with van der Waals surface area (Å²) in [6.07, 6.45) is 6.61. The van der Waals surface area contributed by atoms with Crippen LogP contribution < -0.4 is 5.73 Å². The van der Waals surface area contributed by atoms with E-state index >= 15 is 0 Å². The molecule has 0 bridgehead atoms. The smallest absolute Gasteiger partial charge is 0.00772 e. The standard InChI is InChI=1S/C9H21N/c1-3-4-6-9(2)7-5-8-10/h9H,3-8,10H2,1-2H3. The molecule has 2 N–H and O–H groups in total. The van der Waals surface area contributed by atoms with Gasteiger partial charge in [-0.2, -0.15) is 0 Å². The van der Waals surface area contributed by atoms with Crippen LogP contribution in [-0.4, -0.2) is 6.54 Å². The molecule has 62 valence electrons. The van der Waals surface area contributed by atoms with E-state index in [-0.39, 0.29) is 0 Å². The van der Waals surface area contributed by atoms with Gasteiger partial charge in [0.1, 0.15) is 0 Å². The minimum absolute atomic E-state index is 0.858. The van der Waals surface area contributed by atoms with Crippen molar-refractivity contribution in [3.63, 3.8) is 0 Å². The van der Waals surface area contributed by atoms with E-state index in [4.69, 9.17) is 5.73 Å². The van der Waals surface area contributed by atoms with E-state index in [2.05, 4.69) is 13.8 Å². The highest BCUT2D eigenvalue weighted by molar-refractivity contribution is 4.53. The largest absolute Gasteiger partial charge is 0.330 e. The van der Waals surface area contributed by atoms with Crippen molar-refractivity contribution in [3.05, 3.63) is 0 Å². The second-order valence-corrected chi connectivity index (χ2v) is 3.18. The second-order valence-electron chi connectivity index (χ2n) is 3.18. The van der Waals surface area contributed by atoms with Gasteiger partial charge in [0.05, 0.1) is 0 Å². The zero-order chi connectivity index (χ0) is 7.82. The first-order valence-corrected chi connectivity index (χ1v) is 4.51. The summed E-state index contributed by atoms with van der Waals surface area (Å²) in [4.78, 5) is 0. The maximum absolute atomic E-state index is 5.41. The van der Waals surface area contributed by atoms with Crippen molar-refractivity contribution in [1.82, 2.24) is 0 Å². The van der Waals surface area contributed by atoms with Gasteiger partial charge in [-0.05, 0) is 25.3 Å². The van der Waals surface area contributed by atoms with Crippen molar-refractivity contribution in [2.75, 3.05) is 6.54 Å². The minimum Gasteiger partial charge on any atom is -0.330 e. The molecular weight excluding hydrogens is 122 g/mol. The van der Waals surface area contributed by atoms with Crippen molar-refractivity contribution in [3.8, 4) is 0 Å². The highest BCUT2D eigenvalue weighted by Gasteiger charge is 1.98. The fraction of sp³-hybridized carbons (Fsp3) is 1.00. The molecular formula is C9H21N. The molecule has 0 amide bonds. The third-order valence-corrected chi connectivity index (χ3v) is 1.95. The van der Waals surface area contributed by atoms with Crippen molar-refractivity contribution >= 4 is 0 Å². The Morgan fingerprint density at radius 3 is 2.30 bits per heavy atom. The fourth-order valence-corrected chi connectivity index (χ4v) is 1.16. The monoisotopic (exact) mass is 143 g/mol. The lowest BCUT2D eigenvalue weighted by Gasteiger charge is -2.08. The molecule has 10 heavy (non-hydrogen) atoms. The zero-order valence-corrected chi connectivity index (χ0v) is 7.40. The topological polar surface area (TPSA) is 26.0 Å². The van der Waals surface area contributed by atoms with E-state index in [1.165, 1.54) is 32.1 Å². The first-order chi connectivity index (χ1) is 4.81. The molecule has 0 aliphatic rings. The lowest BCUT2D eigenvalue weighted by molar-refractivity contribution is 0.460. The van der Waals surface area contributed by atoms with Crippen molar-refractivity contribution < 1.29 is 0 Å². The summed E-state index contributed by atoms with van der Waals surface area (Å²) in [6.45, 7) is 5.43. The first-order valence-electron chi connectivity index (χ1n) is 4.51. The lowest BCUT2D eigenvalue weighted by Crippen LogP contribution is -2.02. The van der Waals surface area contributed by atoms with Crippen LogP contribution in [0, 0.1) is 5.92 Å². The molecule has 0 aromatic heterocycles. The number of nitrogens with two attached hydrogens (primary N) is 1. The van der Waals surface area contributed by atoms with Crippen LogP contribution in [-0.2, 0) is 0 Å². The molecule has 1 nitrogen and oxygen atoms in total. The lowest BCUT2D eigenvalue weighted by atomic mass is 9.99. The molecule has 0 heterocycles. The molecule has 0 saturated carbocycles. The molecule has 0 fully saturated rings. The first kappa shape index (κ1) is 9.96. The molecule has 0 spiro atoms. The van der Waals surface area contributed by atoms with Crippen molar-refractivity contribution in [2.24, 2.45) is 11.7 Å². The highest BCUT2D eigenvalue weighted by atomic mass is 14.5. The zero-order valence-electron chi connectivity index (χ0n) is 7.40. The molecule has 1 unspecified atom stereocenters. The van der Waals surface area contributed by atoms with Crippen LogP contribution in [0.3, 0.4) is 0 Å². The summed E-state index contributed by atoms with van der Waals surface area (Å²) in [7, 11) is 0. The molecule has 0 aliphatic heterocycles. The highest BCUT2D eigenvalue weighted by Crippen LogP contribution is 2.12. The molecule has 0 aromatic rings. The number of unbranched alkanes of at least 4 members (excludes halogenated alkanes) is 1. The maximum Gasteiger partial charge on any atom is -0.00772 e. The molecule has 0 aliphatic carbocycles. The summed E-state index contributed by atoms with van der Waals surface area (Å²) in [5.41, 5.74) is 5.41. The van der Waals surface area contributed by atoms with Gasteiger partial charge in [-0.25, -0.2) is 0 Å². The van der Waals surface area contributed by atoms with Crippen LogP contribution >= 0.6 is 0 Å². The van der Waals surface area contributed by atoms with Gasteiger partial charge in [0.2, 0.25) is 0 Å². The molecule has 1 atom stereocenters. The van der Waals surface area contributed by atoms with E-state index < -0.39 is 0 Å². The van der Waals surface area contributed by atoms with Crippen LogP contribution in [0.1, 0.15) is 46.0 Å². The Labute approximate surface area is 65.0 Å². The predicted octanol–water partition coefficient (Wildman–Crippen LogP) is 2.55. The maximum atomic E-state index is 5.41. The average Bonchev–Trinajstić information content (AvgIpc) is 1.97. The van der Waals surface area contributed by atoms with Crippen LogP contribution in [0.4, 0.5) is 0 Å². The van der Waals surface area contributed by atoms with Gasteiger partial charge in [-0.15, -0.1) is 0 Å². The fourth-order valence-electron chi connectivity index (χ4n) is 1.16. The van der Waals surface area contributed by atoms with E-state index in [0.717, 1.165) is 12.5 Å². The van der Waals surface area contributed by atoms with Gasteiger partial charge < -0.3 is 5.73 Å². The van der Waals surface area contributed by atoms with Gasteiger partial charge in [0.15, 0.2) is 0 Å². The minimum atomic E-state index is 0.858. The number of hydrogen-bond acceptors (Lipinski definition) is 1. The van der Waals surface area contributed by atoms with E-state index in [1.54, 1.807) is 0 Å². The molecule has 0 saturated heterocycles. The summed E-state index contributed by atoms with van der Waals surface area (Å²) >= 11 is 0. The summed E-state index contributed by atoms with van der Waals surface area (Å²) in [5, 5.41) is 0. The molecule has 0 radical (unpaired) electrons. The van der Waals surface area contributed by atoms with Crippen molar-refractivity contribution in [1.29, 1.82) is 0 Å². The summed E-state index contributed by atoms with van der Waals surface area (Å²) < 4.78 is 0. The van der Waals surface area contributed by atoms with E-state index in [1.807, 2.05) is 0 Å². The Kier molecular flexibility index (Phi) is 7.04. The average molecular weight is 143 g/mol. The molecule has 1 heteroatoms. The summed E-state index contributed by atoms with van der Waals surface area (Å²) in [6, 6.07) is 0. The van der Waals surface area contributed by atoms with E-state index in [9.17, 15) is 0 Å². The third-order valence-electron chi connectivity index (χ3n) is 1.95. The summed E-state index contributed by atoms with van der Waals surface area (Å²) in [5.74, 6) is 0.892. The molecule has 0 aromatic carbocycles.